The van der Waals surface area contributed by atoms with Crippen LogP contribution in [0.15, 0.2) is 28.7 Å². The minimum Gasteiger partial charge on any atom is -0.460 e. The summed E-state index contributed by atoms with van der Waals surface area (Å²) < 4.78 is 29.5. The third kappa shape index (κ3) is 2.27. The first kappa shape index (κ1) is 11.9. The second-order valence-corrected chi connectivity index (χ2v) is 5.88. The number of furan rings is 1. The van der Waals surface area contributed by atoms with Gasteiger partial charge in [-0.2, -0.15) is 0 Å². The lowest BCUT2D eigenvalue weighted by Gasteiger charge is -2.16. The fourth-order valence-electron chi connectivity index (χ4n) is 1.57. The molecule has 0 aliphatic heterocycles. The number of sulfonamides is 1. The van der Waals surface area contributed by atoms with Crippen LogP contribution in [0.4, 0.5) is 5.69 Å². The van der Waals surface area contributed by atoms with E-state index in [0.717, 1.165) is 11.6 Å². The van der Waals surface area contributed by atoms with Gasteiger partial charge in [0.05, 0.1) is 18.5 Å². The molecule has 0 aliphatic rings. The van der Waals surface area contributed by atoms with Crippen molar-refractivity contribution in [2.24, 2.45) is 5.73 Å². The molecule has 0 radical (unpaired) electrons. The maximum atomic E-state index is 11.4. The van der Waals surface area contributed by atoms with Gasteiger partial charge in [-0.25, -0.2) is 8.42 Å². The fourth-order valence-corrected chi connectivity index (χ4v) is 2.07. The predicted molar refractivity (Wildman–Crippen MR) is 67.4 cm³/mol. The van der Waals surface area contributed by atoms with E-state index in [4.69, 9.17) is 10.2 Å². The Labute approximate surface area is 99.9 Å². The molecule has 0 bridgehead atoms. The molecule has 2 aromatic rings. The molecule has 6 heteroatoms. The molecule has 1 aromatic heterocycles. The molecule has 0 atom stereocenters. The van der Waals surface area contributed by atoms with Gasteiger partial charge in [0.2, 0.25) is 10.0 Å². The van der Waals surface area contributed by atoms with Gasteiger partial charge in [0, 0.05) is 12.4 Å². The van der Waals surface area contributed by atoms with Gasteiger partial charge >= 0.3 is 0 Å². The van der Waals surface area contributed by atoms with Crippen molar-refractivity contribution in [3.05, 3.63) is 30.0 Å². The van der Waals surface area contributed by atoms with E-state index in [1.165, 1.54) is 11.4 Å². The third-order valence-corrected chi connectivity index (χ3v) is 3.82. The highest BCUT2D eigenvalue weighted by molar-refractivity contribution is 7.92. The molecule has 0 spiro atoms. The molecule has 2 rings (SSSR count). The van der Waals surface area contributed by atoms with Crippen LogP contribution < -0.4 is 10.0 Å². The first-order valence-electron chi connectivity index (χ1n) is 5.08. The molecule has 0 amide bonds. The van der Waals surface area contributed by atoms with Crippen LogP contribution >= 0.6 is 0 Å². The van der Waals surface area contributed by atoms with Crippen LogP contribution in [0.5, 0.6) is 0 Å². The van der Waals surface area contributed by atoms with Crippen molar-refractivity contribution in [1.82, 2.24) is 0 Å². The molecule has 1 aromatic carbocycles. The van der Waals surface area contributed by atoms with E-state index < -0.39 is 10.0 Å². The van der Waals surface area contributed by atoms with Gasteiger partial charge in [0.1, 0.15) is 11.3 Å². The normalized spacial score (nSPS) is 11.9. The van der Waals surface area contributed by atoms with Crippen molar-refractivity contribution in [2.45, 2.75) is 6.54 Å². The summed E-state index contributed by atoms with van der Waals surface area (Å²) in [7, 11) is -1.73. The van der Waals surface area contributed by atoms with Crippen LogP contribution in [0, 0.1) is 0 Å². The van der Waals surface area contributed by atoms with E-state index in [-0.39, 0.29) is 0 Å². The number of hydrogen-bond donors (Lipinski definition) is 1. The lowest BCUT2D eigenvalue weighted by atomic mass is 10.2. The van der Waals surface area contributed by atoms with Crippen molar-refractivity contribution in [2.75, 3.05) is 17.6 Å². The Morgan fingerprint density at radius 1 is 1.35 bits per heavy atom. The number of nitrogens with two attached hydrogens (primary N) is 1. The van der Waals surface area contributed by atoms with Crippen molar-refractivity contribution in [3.63, 3.8) is 0 Å². The molecule has 17 heavy (non-hydrogen) atoms. The van der Waals surface area contributed by atoms with E-state index in [1.54, 1.807) is 18.2 Å². The van der Waals surface area contributed by atoms with E-state index in [1.807, 2.05) is 6.07 Å². The summed E-state index contributed by atoms with van der Waals surface area (Å²) in [4.78, 5) is 0. The van der Waals surface area contributed by atoms with Crippen molar-refractivity contribution < 1.29 is 12.8 Å². The zero-order chi connectivity index (χ0) is 12.6. The maximum Gasteiger partial charge on any atom is 0.231 e. The van der Waals surface area contributed by atoms with Gasteiger partial charge in [-0.1, -0.05) is 0 Å². The molecule has 0 saturated heterocycles. The second-order valence-electron chi connectivity index (χ2n) is 3.87. The monoisotopic (exact) mass is 254 g/mol. The van der Waals surface area contributed by atoms with Gasteiger partial charge in [-0.3, -0.25) is 4.31 Å². The number of nitrogens with zero attached hydrogens (tertiary/aromatic N) is 1. The minimum absolute atomic E-state index is 0.325. The SMILES string of the molecule is CN(c1ccc2oc(CN)cc2c1)S(C)(=O)=O. The summed E-state index contributed by atoms with van der Waals surface area (Å²) in [6.07, 6.45) is 1.16. The summed E-state index contributed by atoms with van der Waals surface area (Å²) in [6, 6.07) is 7.02. The quantitative estimate of drug-likeness (QED) is 0.895. The van der Waals surface area contributed by atoms with Crippen LogP contribution in [0.1, 0.15) is 5.76 Å². The first-order chi connectivity index (χ1) is 7.91. The van der Waals surface area contributed by atoms with E-state index in [9.17, 15) is 8.42 Å². The topological polar surface area (TPSA) is 76.5 Å². The van der Waals surface area contributed by atoms with Gasteiger partial charge < -0.3 is 10.2 Å². The standard InChI is InChI=1S/C11H14N2O3S/c1-13(17(2,14)15)9-3-4-11-8(5-9)6-10(7-12)16-11/h3-6H,7,12H2,1-2H3. The molecule has 92 valence electrons. The number of benzene rings is 1. The number of hydrogen-bond acceptors (Lipinski definition) is 4. The molecular formula is C11H14N2O3S. The predicted octanol–water partition coefficient (Wildman–Crippen LogP) is 1.29. The van der Waals surface area contributed by atoms with Crippen LogP contribution in [0.25, 0.3) is 11.0 Å². The Morgan fingerprint density at radius 3 is 2.65 bits per heavy atom. The molecule has 0 unspecified atom stereocenters. The Balaban J connectivity index is 2.51. The summed E-state index contributed by atoms with van der Waals surface area (Å²) in [5.74, 6) is 0.680. The first-order valence-corrected chi connectivity index (χ1v) is 6.93. The summed E-state index contributed by atoms with van der Waals surface area (Å²) in [5.41, 5.74) is 6.79. The highest BCUT2D eigenvalue weighted by atomic mass is 32.2. The molecule has 0 saturated carbocycles. The molecule has 2 N–H and O–H groups in total. The van der Waals surface area contributed by atoms with Crippen LogP contribution in [-0.4, -0.2) is 21.7 Å². The Bertz CT molecular complexity index is 646. The van der Waals surface area contributed by atoms with Gasteiger partial charge in [-0.15, -0.1) is 0 Å². The smallest absolute Gasteiger partial charge is 0.231 e. The zero-order valence-electron chi connectivity index (χ0n) is 9.67. The Hall–Kier alpha value is -1.53. The van der Waals surface area contributed by atoms with Crippen LogP contribution in [0.2, 0.25) is 0 Å². The van der Waals surface area contributed by atoms with E-state index >= 15 is 0 Å². The number of rotatable bonds is 3. The lowest BCUT2D eigenvalue weighted by Crippen LogP contribution is -2.24. The van der Waals surface area contributed by atoms with Crippen molar-refractivity contribution >= 4 is 26.7 Å². The van der Waals surface area contributed by atoms with E-state index in [2.05, 4.69) is 0 Å². The number of anilines is 1. The zero-order valence-corrected chi connectivity index (χ0v) is 10.5. The van der Waals surface area contributed by atoms with Gasteiger partial charge in [-0.05, 0) is 24.3 Å². The van der Waals surface area contributed by atoms with E-state index in [0.29, 0.717) is 23.6 Å². The molecule has 1 heterocycles. The molecule has 0 aliphatic carbocycles. The largest absolute Gasteiger partial charge is 0.460 e. The molecule has 0 fully saturated rings. The molecule has 5 nitrogen and oxygen atoms in total. The van der Waals surface area contributed by atoms with Gasteiger partial charge in [0.15, 0.2) is 0 Å². The Kier molecular flexibility index (Phi) is 2.84. The van der Waals surface area contributed by atoms with Crippen LogP contribution in [0.3, 0.4) is 0 Å². The van der Waals surface area contributed by atoms with Crippen molar-refractivity contribution in [3.8, 4) is 0 Å². The highest BCUT2D eigenvalue weighted by Gasteiger charge is 2.13. The second kappa shape index (κ2) is 4.05. The Morgan fingerprint density at radius 2 is 2.06 bits per heavy atom. The summed E-state index contributed by atoms with van der Waals surface area (Å²) in [6.45, 7) is 0.325. The fraction of sp³-hybridized carbons (Fsp3) is 0.273. The highest BCUT2D eigenvalue weighted by Crippen LogP contribution is 2.25. The average molecular weight is 254 g/mol. The van der Waals surface area contributed by atoms with Crippen LogP contribution in [-0.2, 0) is 16.6 Å². The minimum atomic E-state index is -3.25. The van der Waals surface area contributed by atoms with Crippen molar-refractivity contribution in [1.29, 1.82) is 0 Å². The summed E-state index contributed by atoms with van der Waals surface area (Å²) in [5, 5.41) is 0.846. The third-order valence-electron chi connectivity index (χ3n) is 2.61. The molecular weight excluding hydrogens is 240 g/mol. The lowest BCUT2D eigenvalue weighted by molar-refractivity contribution is 0.552. The summed E-state index contributed by atoms with van der Waals surface area (Å²) >= 11 is 0. The maximum absolute atomic E-state index is 11.4. The number of fused-ring (bicyclic) bond motifs is 1. The average Bonchev–Trinajstić information content (AvgIpc) is 2.68. The van der Waals surface area contributed by atoms with Gasteiger partial charge in [0.25, 0.3) is 0 Å².